The molecule has 16 heavy (non-hydrogen) atoms. The quantitative estimate of drug-likeness (QED) is 0.702. The lowest BCUT2D eigenvalue weighted by molar-refractivity contribution is -0.118. The third-order valence-corrected chi connectivity index (χ3v) is 1.62. The number of rotatable bonds is 1. The monoisotopic (exact) mass is 224 g/mol. The molecule has 0 bridgehead atoms. The van der Waals surface area contributed by atoms with Crippen LogP contribution < -0.4 is 10.1 Å². The van der Waals surface area contributed by atoms with Crippen LogP contribution in [-0.4, -0.2) is 38.0 Å². The molecule has 1 aliphatic rings. The van der Waals surface area contributed by atoms with Gasteiger partial charge >= 0.3 is 0 Å². The molecule has 0 unspecified atom stereocenters. The molecule has 0 atom stereocenters. The molecule has 1 aliphatic heterocycles. The standard InChI is InChI=1S/C8H6N2O3.C2H6O/c11-3-5-1-6-8(9-2-5)13-4-7(12)10-6;1-3-2/h1-3H,4H2,(H,10,12);1-2H3. The second-order valence-corrected chi connectivity index (χ2v) is 2.98. The predicted octanol–water partition coefficient (Wildman–Crippen LogP) is 0.488. The highest BCUT2D eigenvalue weighted by Crippen LogP contribution is 2.24. The van der Waals surface area contributed by atoms with E-state index in [0.29, 0.717) is 23.4 Å². The van der Waals surface area contributed by atoms with Crippen molar-refractivity contribution in [1.82, 2.24) is 4.98 Å². The predicted molar refractivity (Wildman–Crippen MR) is 56.7 cm³/mol. The van der Waals surface area contributed by atoms with Crippen LogP contribution in [0.15, 0.2) is 12.3 Å². The van der Waals surface area contributed by atoms with Crippen molar-refractivity contribution in [2.75, 3.05) is 26.1 Å². The average Bonchev–Trinajstić information content (AvgIpc) is 2.29. The molecule has 1 aromatic rings. The van der Waals surface area contributed by atoms with Crippen LogP contribution in [0.5, 0.6) is 5.88 Å². The Morgan fingerprint density at radius 3 is 2.88 bits per heavy atom. The van der Waals surface area contributed by atoms with Crippen LogP contribution in [0.4, 0.5) is 5.69 Å². The van der Waals surface area contributed by atoms with E-state index in [-0.39, 0.29) is 12.5 Å². The minimum Gasteiger partial charge on any atom is -0.466 e. The van der Waals surface area contributed by atoms with Gasteiger partial charge in [0.25, 0.3) is 5.91 Å². The third kappa shape index (κ3) is 3.03. The first-order valence-corrected chi connectivity index (χ1v) is 4.49. The van der Waals surface area contributed by atoms with Crippen LogP contribution in [0, 0.1) is 0 Å². The first-order valence-electron chi connectivity index (χ1n) is 4.49. The molecule has 0 fully saturated rings. The van der Waals surface area contributed by atoms with E-state index in [1.165, 1.54) is 12.3 Å². The Labute approximate surface area is 92.6 Å². The van der Waals surface area contributed by atoms with E-state index in [1.807, 2.05) is 0 Å². The number of amides is 1. The number of hydrogen-bond acceptors (Lipinski definition) is 5. The summed E-state index contributed by atoms with van der Waals surface area (Å²) in [6.45, 7) is -0.0273. The van der Waals surface area contributed by atoms with Gasteiger partial charge in [-0.3, -0.25) is 9.59 Å². The molecule has 0 radical (unpaired) electrons. The summed E-state index contributed by atoms with van der Waals surface area (Å²) in [6.07, 6.45) is 2.05. The molecule has 0 aromatic carbocycles. The van der Waals surface area contributed by atoms with Gasteiger partial charge in [-0.05, 0) is 6.07 Å². The number of fused-ring (bicyclic) bond motifs is 1. The Kier molecular flexibility index (Phi) is 4.41. The largest absolute Gasteiger partial charge is 0.466 e. The number of pyridine rings is 1. The van der Waals surface area contributed by atoms with Gasteiger partial charge in [0, 0.05) is 26.0 Å². The van der Waals surface area contributed by atoms with Crippen LogP contribution in [0.1, 0.15) is 10.4 Å². The van der Waals surface area contributed by atoms with Crippen molar-refractivity contribution in [3.8, 4) is 5.88 Å². The SMILES string of the molecule is COC.O=Cc1cnc2c(c1)NC(=O)CO2. The summed E-state index contributed by atoms with van der Waals surface area (Å²) in [7, 11) is 3.25. The molecular formula is C10H12N2O4. The van der Waals surface area contributed by atoms with Gasteiger partial charge < -0.3 is 14.8 Å². The summed E-state index contributed by atoms with van der Waals surface area (Å²) in [5.74, 6) is 0.113. The molecular weight excluding hydrogens is 212 g/mol. The lowest BCUT2D eigenvalue weighted by Gasteiger charge is -2.16. The van der Waals surface area contributed by atoms with Crippen molar-refractivity contribution in [2.45, 2.75) is 0 Å². The second kappa shape index (κ2) is 5.82. The zero-order valence-corrected chi connectivity index (χ0v) is 9.02. The molecule has 0 spiro atoms. The Hall–Kier alpha value is -1.95. The van der Waals surface area contributed by atoms with E-state index < -0.39 is 0 Å². The fourth-order valence-electron chi connectivity index (χ4n) is 1.06. The average molecular weight is 224 g/mol. The number of nitrogens with one attached hydrogen (secondary N) is 1. The molecule has 2 heterocycles. The number of nitrogens with zero attached hydrogens (tertiary/aromatic N) is 1. The van der Waals surface area contributed by atoms with Gasteiger partial charge in [-0.25, -0.2) is 4.98 Å². The first-order chi connectivity index (χ1) is 7.71. The van der Waals surface area contributed by atoms with Gasteiger partial charge in [-0.1, -0.05) is 0 Å². The van der Waals surface area contributed by atoms with Gasteiger partial charge in [0.05, 0.1) is 0 Å². The molecule has 0 saturated carbocycles. The lowest BCUT2D eigenvalue weighted by Crippen LogP contribution is -2.26. The van der Waals surface area contributed by atoms with Crippen LogP contribution in [-0.2, 0) is 9.53 Å². The summed E-state index contributed by atoms with van der Waals surface area (Å²) >= 11 is 0. The third-order valence-electron chi connectivity index (χ3n) is 1.62. The van der Waals surface area contributed by atoms with Crippen LogP contribution in [0.2, 0.25) is 0 Å². The van der Waals surface area contributed by atoms with E-state index in [0.717, 1.165) is 0 Å². The molecule has 1 amide bonds. The maximum atomic E-state index is 10.9. The number of carbonyl (C=O) groups excluding carboxylic acids is 2. The van der Waals surface area contributed by atoms with Crippen molar-refractivity contribution in [3.63, 3.8) is 0 Å². The minimum absolute atomic E-state index is 0.0273. The number of hydrogen-bond donors (Lipinski definition) is 1. The zero-order chi connectivity index (χ0) is 12.0. The summed E-state index contributed by atoms with van der Waals surface area (Å²) in [4.78, 5) is 25.1. The number of anilines is 1. The van der Waals surface area contributed by atoms with Gasteiger partial charge in [0.2, 0.25) is 5.88 Å². The molecule has 1 N–H and O–H groups in total. The van der Waals surface area contributed by atoms with Crippen molar-refractivity contribution in [1.29, 1.82) is 0 Å². The fraction of sp³-hybridized carbons (Fsp3) is 0.300. The molecule has 1 aromatic heterocycles. The van der Waals surface area contributed by atoms with Crippen molar-refractivity contribution < 1.29 is 19.1 Å². The molecule has 0 saturated heterocycles. The number of methoxy groups -OCH3 is 1. The topological polar surface area (TPSA) is 77.5 Å². The summed E-state index contributed by atoms with van der Waals surface area (Å²) < 4.78 is 9.25. The minimum atomic E-state index is -0.239. The fourth-order valence-corrected chi connectivity index (χ4v) is 1.06. The van der Waals surface area contributed by atoms with Crippen LogP contribution in [0.25, 0.3) is 0 Å². The molecule has 6 heteroatoms. The van der Waals surface area contributed by atoms with Crippen molar-refractivity contribution >= 4 is 17.9 Å². The van der Waals surface area contributed by atoms with Gasteiger partial charge in [-0.2, -0.15) is 0 Å². The zero-order valence-electron chi connectivity index (χ0n) is 9.02. The Bertz CT molecular complexity index is 392. The van der Waals surface area contributed by atoms with Crippen LogP contribution in [0.3, 0.4) is 0 Å². The van der Waals surface area contributed by atoms with Gasteiger partial charge in [0.1, 0.15) is 5.69 Å². The molecule has 86 valence electrons. The first kappa shape index (κ1) is 12.1. The number of carbonyl (C=O) groups is 2. The highest BCUT2D eigenvalue weighted by Gasteiger charge is 2.16. The summed E-state index contributed by atoms with van der Waals surface area (Å²) in [5.41, 5.74) is 0.852. The van der Waals surface area contributed by atoms with Gasteiger partial charge in [-0.15, -0.1) is 0 Å². The number of aldehydes is 1. The Morgan fingerprint density at radius 1 is 1.56 bits per heavy atom. The van der Waals surface area contributed by atoms with E-state index in [2.05, 4.69) is 15.0 Å². The maximum Gasteiger partial charge on any atom is 0.262 e. The smallest absolute Gasteiger partial charge is 0.262 e. The van der Waals surface area contributed by atoms with Crippen LogP contribution >= 0.6 is 0 Å². The Balaban J connectivity index is 0.000000386. The molecule has 2 rings (SSSR count). The van der Waals surface area contributed by atoms with E-state index in [9.17, 15) is 9.59 Å². The van der Waals surface area contributed by atoms with Crippen molar-refractivity contribution in [3.05, 3.63) is 17.8 Å². The maximum absolute atomic E-state index is 10.9. The molecule has 0 aliphatic carbocycles. The van der Waals surface area contributed by atoms with Crippen molar-refractivity contribution in [2.24, 2.45) is 0 Å². The van der Waals surface area contributed by atoms with E-state index in [4.69, 9.17) is 4.74 Å². The number of ether oxygens (including phenoxy) is 2. The summed E-state index contributed by atoms with van der Waals surface area (Å²) in [5, 5.41) is 2.55. The second-order valence-electron chi connectivity index (χ2n) is 2.98. The lowest BCUT2D eigenvalue weighted by atomic mass is 10.2. The normalized spacial score (nSPS) is 12.5. The Morgan fingerprint density at radius 2 is 2.25 bits per heavy atom. The summed E-state index contributed by atoms with van der Waals surface area (Å²) in [6, 6.07) is 1.52. The highest BCUT2D eigenvalue weighted by molar-refractivity contribution is 5.95. The van der Waals surface area contributed by atoms with Gasteiger partial charge in [0.15, 0.2) is 12.9 Å². The highest BCUT2D eigenvalue weighted by atomic mass is 16.5. The molecule has 6 nitrogen and oxygen atoms in total. The van der Waals surface area contributed by atoms with E-state index in [1.54, 1.807) is 14.2 Å². The number of aromatic nitrogens is 1. The van der Waals surface area contributed by atoms with E-state index >= 15 is 0 Å².